The van der Waals surface area contributed by atoms with Crippen LogP contribution in [0.3, 0.4) is 0 Å². The van der Waals surface area contributed by atoms with E-state index in [0.29, 0.717) is 25.2 Å². The summed E-state index contributed by atoms with van der Waals surface area (Å²) >= 11 is 0. The van der Waals surface area contributed by atoms with Crippen LogP contribution in [0, 0.1) is 0 Å². The molecule has 2 amide bonds. The highest BCUT2D eigenvalue weighted by atomic mass is 19.4. The van der Waals surface area contributed by atoms with Crippen molar-refractivity contribution in [3.8, 4) is 5.69 Å². The van der Waals surface area contributed by atoms with Crippen molar-refractivity contribution in [3.63, 3.8) is 0 Å². The second-order valence-electron chi connectivity index (χ2n) is 7.18. The van der Waals surface area contributed by atoms with Gasteiger partial charge in [0.25, 0.3) is 11.8 Å². The number of aryl methyl sites for hydroxylation is 1. The highest BCUT2D eigenvalue weighted by Crippen LogP contribution is 2.30. The Hall–Kier alpha value is -3.63. The molecule has 1 N–H and O–H groups in total. The molecule has 1 unspecified atom stereocenters. The van der Waals surface area contributed by atoms with Crippen LogP contribution in [0.4, 0.5) is 19.0 Å². The smallest absolute Gasteiger partial charge is 0.340 e. The number of piperidine rings is 1. The molecule has 8 nitrogen and oxygen atoms in total. The Balaban J connectivity index is 1.52. The summed E-state index contributed by atoms with van der Waals surface area (Å²) in [4.78, 5) is 27.1. The number of nitrogens with one attached hydrogen (secondary N) is 1. The first-order valence-electron chi connectivity index (χ1n) is 9.57. The fourth-order valence-electron chi connectivity index (χ4n) is 3.53. The van der Waals surface area contributed by atoms with Crippen LogP contribution >= 0.6 is 0 Å². The number of carbonyl (C=O) groups is 2. The van der Waals surface area contributed by atoms with Gasteiger partial charge in [0.05, 0.1) is 11.9 Å². The van der Waals surface area contributed by atoms with Crippen LogP contribution in [0.2, 0.25) is 0 Å². The van der Waals surface area contributed by atoms with E-state index in [1.807, 2.05) is 0 Å². The molecule has 1 aliphatic heterocycles. The summed E-state index contributed by atoms with van der Waals surface area (Å²) in [6.45, 7) is 0.497. The summed E-state index contributed by atoms with van der Waals surface area (Å²) < 4.78 is 41.8. The fraction of sp³-hybridized carbons (Fsp3) is 0.300. The van der Waals surface area contributed by atoms with Crippen LogP contribution in [-0.2, 0) is 18.0 Å². The molecule has 11 heteroatoms. The van der Waals surface area contributed by atoms with Gasteiger partial charge in [0.15, 0.2) is 5.82 Å². The zero-order chi connectivity index (χ0) is 22.2. The van der Waals surface area contributed by atoms with Gasteiger partial charge in [-0.1, -0.05) is 6.07 Å². The summed E-state index contributed by atoms with van der Waals surface area (Å²) in [5.74, 6) is -0.323. The molecule has 1 aliphatic rings. The van der Waals surface area contributed by atoms with Gasteiger partial charge in [-0.05, 0) is 37.1 Å². The van der Waals surface area contributed by atoms with Gasteiger partial charge in [-0.3, -0.25) is 19.2 Å². The van der Waals surface area contributed by atoms with E-state index in [9.17, 15) is 22.8 Å². The number of hydrogen-bond donors (Lipinski definition) is 1. The van der Waals surface area contributed by atoms with Gasteiger partial charge < -0.3 is 5.32 Å². The van der Waals surface area contributed by atoms with Crippen molar-refractivity contribution in [3.05, 3.63) is 60.0 Å². The van der Waals surface area contributed by atoms with E-state index >= 15 is 0 Å². The lowest BCUT2D eigenvalue weighted by Crippen LogP contribution is -2.52. The molecule has 2 aromatic heterocycles. The molecule has 0 saturated carbocycles. The number of alkyl halides is 3. The van der Waals surface area contributed by atoms with Crippen LogP contribution in [0.1, 0.15) is 28.9 Å². The number of anilines is 1. The minimum Gasteiger partial charge on any atom is -0.340 e. The predicted molar refractivity (Wildman–Crippen MR) is 105 cm³/mol. The lowest BCUT2D eigenvalue weighted by Gasteiger charge is -2.31. The fourth-order valence-corrected chi connectivity index (χ4v) is 3.53. The largest absolute Gasteiger partial charge is 0.433 e. The predicted octanol–water partition coefficient (Wildman–Crippen LogP) is 2.55. The van der Waals surface area contributed by atoms with Crippen molar-refractivity contribution >= 4 is 17.6 Å². The minimum atomic E-state index is -4.59. The molecule has 1 aromatic carbocycles. The molecule has 162 valence electrons. The number of aromatic nitrogens is 4. The van der Waals surface area contributed by atoms with Crippen LogP contribution in [0.15, 0.2) is 48.8 Å². The summed E-state index contributed by atoms with van der Waals surface area (Å²) in [6.07, 6.45) is -0.679. The van der Waals surface area contributed by atoms with E-state index in [1.54, 1.807) is 24.0 Å². The molecule has 1 fully saturated rings. The normalized spacial score (nSPS) is 17.1. The Morgan fingerprint density at radius 1 is 1.23 bits per heavy atom. The zero-order valence-electron chi connectivity index (χ0n) is 16.5. The van der Waals surface area contributed by atoms with Crippen molar-refractivity contribution in [1.82, 2.24) is 24.9 Å². The number of amides is 2. The molecule has 0 bridgehead atoms. The molecule has 0 aliphatic carbocycles. The maximum Gasteiger partial charge on any atom is 0.433 e. The van der Waals surface area contributed by atoms with E-state index in [1.165, 1.54) is 29.2 Å². The highest BCUT2D eigenvalue weighted by Gasteiger charge is 2.35. The standard InChI is InChI=1S/C20H19F3N6O2/c1-27-11-8-17(26-27)28-10-3-6-15(19(28)31)25-18(30)13-4-2-5-14(12-13)29-16(7-9-24-29)20(21,22)23/h2,4-5,7-9,11-12,15H,3,6,10H2,1H3,(H,25,30). The monoisotopic (exact) mass is 432 g/mol. The van der Waals surface area contributed by atoms with Gasteiger partial charge in [-0.25, -0.2) is 4.68 Å². The van der Waals surface area contributed by atoms with Crippen LogP contribution < -0.4 is 10.2 Å². The zero-order valence-corrected chi connectivity index (χ0v) is 16.5. The van der Waals surface area contributed by atoms with Gasteiger partial charge >= 0.3 is 6.18 Å². The SMILES string of the molecule is Cn1ccc(N2CCCC(NC(=O)c3cccc(-n4nccc4C(F)(F)F)c3)C2=O)n1. The van der Waals surface area contributed by atoms with Gasteiger partial charge in [-0.2, -0.15) is 23.4 Å². The molecule has 4 rings (SSSR count). The number of hydrogen-bond acceptors (Lipinski definition) is 4. The summed E-state index contributed by atoms with van der Waals surface area (Å²) in [5, 5.41) is 10.6. The van der Waals surface area contributed by atoms with E-state index < -0.39 is 23.8 Å². The summed E-state index contributed by atoms with van der Waals surface area (Å²) in [7, 11) is 1.74. The maximum atomic E-state index is 13.2. The van der Waals surface area contributed by atoms with Crippen LogP contribution in [0.25, 0.3) is 5.69 Å². The van der Waals surface area contributed by atoms with Crippen molar-refractivity contribution < 1.29 is 22.8 Å². The van der Waals surface area contributed by atoms with Crippen LogP contribution in [-0.4, -0.2) is 44.0 Å². The molecule has 0 radical (unpaired) electrons. The Morgan fingerprint density at radius 2 is 2.03 bits per heavy atom. The molecule has 1 saturated heterocycles. The third-order valence-corrected chi connectivity index (χ3v) is 5.01. The molecular formula is C20H19F3N6O2. The lowest BCUT2D eigenvalue weighted by atomic mass is 10.0. The Morgan fingerprint density at radius 3 is 2.74 bits per heavy atom. The maximum absolute atomic E-state index is 13.2. The number of halogens is 3. The molecule has 3 heterocycles. The van der Waals surface area contributed by atoms with Crippen molar-refractivity contribution in [2.45, 2.75) is 25.1 Å². The average molecular weight is 432 g/mol. The quantitative estimate of drug-likeness (QED) is 0.687. The summed E-state index contributed by atoms with van der Waals surface area (Å²) in [5.41, 5.74) is -0.725. The number of nitrogens with zero attached hydrogens (tertiary/aromatic N) is 5. The Labute approximate surface area is 175 Å². The first-order valence-corrected chi connectivity index (χ1v) is 9.57. The van der Waals surface area contributed by atoms with Crippen molar-refractivity contribution in [2.75, 3.05) is 11.4 Å². The Kier molecular flexibility index (Phi) is 5.25. The van der Waals surface area contributed by atoms with E-state index in [4.69, 9.17) is 0 Å². The van der Waals surface area contributed by atoms with Gasteiger partial charge in [0.1, 0.15) is 11.7 Å². The van der Waals surface area contributed by atoms with Crippen molar-refractivity contribution in [2.24, 2.45) is 7.05 Å². The topological polar surface area (TPSA) is 85.0 Å². The number of carbonyl (C=O) groups excluding carboxylic acids is 2. The summed E-state index contributed by atoms with van der Waals surface area (Å²) in [6, 6.07) is 7.50. The minimum absolute atomic E-state index is 0.0926. The molecule has 3 aromatic rings. The number of benzene rings is 1. The first-order chi connectivity index (χ1) is 14.7. The van der Waals surface area contributed by atoms with E-state index in [0.717, 1.165) is 16.9 Å². The average Bonchev–Trinajstić information content (AvgIpc) is 3.39. The molecular weight excluding hydrogens is 413 g/mol. The third kappa shape index (κ3) is 4.16. The van der Waals surface area contributed by atoms with Gasteiger partial charge in [0, 0.05) is 31.4 Å². The van der Waals surface area contributed by atoms with Crippen LogP contribution in [0.5, 0.6) is 0 Å². The Bertz CT molecular complexity index is 1120. The molecule has 0 spiro atoms. The van der Waals surface area contributed by atoms with Gasteiger partial charge in [0.2, 0.25) is 0 Å². The molecule has 1 atom stereocenters. The highest BCUT2D eigenvalue weighted by molar-refractivity contribution is 6.02. The first kappa shape index (κ1) is 20.6. The van der Waals surface area contributed by atoms with Gasteiger partial charge in [-0.15, -0.1) is 0 Å². The molecule has 31 heavy (non-hydrogen) atoms. The van der Waals surface area contributed by atoms with Crippen molar-refractivity contribution in [1.29, 1.82) is 0 Å². The second kappa shape index (κ2) is 7.89. The number of rotatable bonds is 4. The van der Waals surface area contributed by atoms with E-state index in [2.05, 4.69) is 15.5 Å². The lowest BCUT2D eigenvalue weighted by molar-refractivity contribution is -0.142. The van der Waals surface area contributed by atoms with E-state index in [-0.39, 0.29) is 17.2 Å². The second-order valence-corrected chi connectivity index (χ2v) is 7.18. The third-order valence-electron chi connectivity index (χ3n) is 5.01.